The molecule has 0 aromatic rings. The fourth-order valence-corrected chi connectivity index (χ4v) is 2.39. The topological polar surface area (TPSA) is 43.8 Å². The van der Waals surface area contributed by atoms with E-state index in [9.17, 15) is 9.90 Å². The van der Waals surface area contributed by atoms with Gasteiger partial charge in [0.25, 0.3) is 0 Å². The summed E-state index contributed by atoms with van der Waals surface area (Å²) < 4.78 is 0. The highest BCUT2D eigenvalue weighted by Gasteiger charge is 2.40. The van der Waals surface area contributed by atoms with Gasteiger partial charge in [-0.3, -0.25) is 9.69 Å². The number of nitrogens with zero attached hydrogens (tertiary/aromatic N) is 2. The molecular weight excluding hydrogens is 180 g/mol. The van der Waals surface area contributed by atoms with Crippen LogP contribution in [0.5, 0.6) is 0 Å². The minimum Gasteiger partial charge on any atom is -0.389 e. The van der Waals surface area contributed by atoms with E-state index in [0.29, 0.717) is 6.54 Å². The molecule has 4 heteroatoms. The van der Waals surface area contributed by atoms with Crippen molar-refractivity contribution in [2.24, 2.45) is 0 Å². The summed E-state index contributed by atoms with van der Waals surface area (Å²) in [6.07, 6.45) is 1.69. The van der Waals surface area contributed by atoms with E-state index in [1.165, 1.54) is 0 Å². The highest BCUT2D eigenvalue weighted by atomic mass is 16.3. The van der Waals surface area contributed by atoms with Crippen LogP contribution in [0.2, 0.25) is 0 Å². The van der Waals surface area contributed by atoms with E-state index < -0.39 is 5.60 Å². The molecule has 2 aliphatic rings. The molecule has 0 aliphatic carbocycles. The van der Waals surface area contributed by atoms with Gasteiger partial charge in [0.05, 0.1) is 11.6 Å². The zero-order valence-electron chi connectivity index (χ0n) is 8.86. The normalized spacial score (nSPS) is 39.8. The predicted molar refractivity (Wildman–Crippen MR) is 52.9 cm³/mol. The molecule has 0 aromatic carbocycles. The number of hydrogen-bond donors (Lipinski definition) is 1. The number of aliphatic hydroxyl groups is 1. The van der Waals surface area contributed by atoms with E-state index in [0.717, 1.165) is 25.9 Å². The molecule has 2 unspecified atom stereocenters. The van der Waals surface area contributed by atoms with Gasteiger partial charge < -0.3 is 10.0 Å². The van der Waals surface area contributed by atoms with Gasteiger partial charge in [-0.1, -0.05) is 0 Å². The molecule has 1 N–H and O–H groups in total. The summed E-state index contributed by atoms with van der Waals surface area (Å²) in [4.78, 5) is 15.6. The highest BCUT2D eigenvalue weighted by Crippen LogP contribution is 2.26. The van der Waals surface area contributed by atoms with Crippen molar-refractivity contribution in [3.8, 4) is 0 Å². The molecule has 2 aliphatic heterocycles. The van der Waals surface area contributed by atoms with Gasteiger partial charge >= 0.3 is 0 Å². The Hall–Kier alpha value is -0.610. The lowest BCUT2D eigenvalue weighted by molar-refractivity contribution is -0.130. The molecule has 0 saturated carbocycles. The molecule has 1 amide bonds. The Bertz CT molecular complexity index is 253. The summed E-state index contributed by atoms with van der Waals surface area (Å²) in [7, 11) is 1.84. The first kappa shape index (κ1) is 9.93. The van der Waals surface area contributed by atoms with E-state index in [-0.39, 0.29) is 11.9 Å². The number of hydrogen-bond acceptors (Lipinski definition) is 3. The Morgan fingerprint density at radius 3 is 2.64 bits per heavy atom. The minimum atomic E-state index is -0.596. The zero-order valence-corrected chi connectivity index (χ0v) is 8.86. The number of carbonyl (C=O) groups excluding carboxylic acids is 1. The van der Waals surface area contributed by atoms with Crippen LogP contribution in [-0.2, 0) is 4.79 Å². The van der Waals surface area contributed by atoms with E-state index in [4.69, 9.17) is 0 Å². The molecule has 2 saturated heterocycles. The number of rotatable bonds is 1. The standard InChI is InChI=1S/C10H18N2O2/c1-10(14)4-6-12(7-10)8-3-5-11(2)9(8)13/h8,14H,3-7H2,1-2H3. The van der Waals surface area contributed by atoms with Crippen molar-refractivity contribution in [2.75, 3.05) is 26.7 Å². The van der Waals surface area contributed by atoms with Crippen LogP contribution >= 0.6 is 0 Å². The number of carbonyl (C=O) groups is 1. The maximum Gasteiger partial charge on any atom is 0.239 e. The van der Waals surface area contributed by atoms with Gasteiger partial charge in [0.2, 0.25) is 5.91 Å². The van der Waals surface area contributed by atoms with Crippen LogP contribution in [0.4, 0.5) is 0 Å². The molecule has 2 atom stereocenters. The number of amides is 1. The minimum absolute atomic E-state index is 0.0222. The Balaban J connectivity index is 2.01. The van der Waals surface area contributed by atoms with Gasteiger partial charge in [0.15, 0.2) is 0 Å². The van der Waals surface area contributed by atoms with Gasteiger partial charge in [-0.15, -0.1) is 0 Å². The Morgan fingerprint density at radius 1 is 1.50 bits per heavy atom. The predicted octanol–water partition coefficient (Wildman–Crippen LogP) is -0.326. The second-order valence-electron chi connectivity index (χ2n) is 4.78. The van der Waals surface area contributed by atoms with Crippen molar-refractivity contribution in [3.05, 3.63) is 0 Å². The zero-order chi connectivity index (χ0) is 10.3. The summed E-state index contributed by atoms with van der Waals surface area (Å²) in [5.41, 5.74) is -0.596. The van der Waals surface area contributed by atoms with Crippen molar-refractivity contribution in [3.63, 3.8) is 0 Å². The molecule has 80 valence electrons. The molecule has 2 rings (SSSR count). The van der Waals surface area contributed by atoms with E-state index in [2.05, 4.69) is 4.90 Å². The first-order valence-electron chi connectivity index (χ1n) is 5.21. The number of likely N-dealkylation sites (N-methyl/N-ethyl adjacent to an activating group) is 1. The fraction of sp³-hybridized carbons (Fsp3) is 0.900. The molecule has 0 bridgehead atoms. The first-order valence-corrected chi connectivity index (χ1v) is 5.21. The van der Waals surface area contributed by atoms with Gasteiger partial charge in [0, 0.05) is 26.7 Å². The highest BCUT2D eigenvalue weighted by molar-refractivity contribution is 5.83. The SMILES string of the molecule is CN1CCC(N2CCC(C)(O)C2)C1=O. The molecule has 4 nitrogen and oxygen atoms in total. The Morgan fingerprint density at radius 2 is 2.21 bits per heavy atom. The smallest absolute Gasteiger partial charge is 0.239 e. The average molecular weight is 198 g/mol. The summed E-state index contributed by atoms with van der Waals surface area (Å²) >= 11 is 0. The average Bonchev–Trinajstić information content (AvgIpc) is 2.59. The monoisotopic (exact) mass is 198 g/mol. The maximum absolute atomic E-state index is 11.7. The van der Waals surface area contributed by atoms with Crippen molar-refractivity contribution in [1.29, 1.82) is 0 Å². The largest absolute Gasteiger partial charge is 0.389 e. The van der Waals surface area contributed by atoms with E-state index >= 15 is 0 Å². The van der Waals surface area contributed by atoms with Crippen molar-refractivity contribution in [1.82, 2.24) is 9.80 Å². The van der Waals surface area contributed by atoms with Crippen LogP contribution in [0.1, 0.15) is 19.8 Å². The van der Waals surface area contributed by atoms with E-state index in [1.807, 2.05) is 14.0 Å². The lowest BCUT2D eigenvalue weighted by Crippen LogP contribution is -2.41. The molecule has 0 aromatic heterocycles. The molecule has 0 spiro atoms. The van der Waals surface area contributed by atoms with Gasteiger partial charge in [-0.25, -0.2) is 0 Å². The lowest BCUT2D eigenvalue weighted by atomic mass is 10.1. The molecular formula is C10H18N2O2. The lowest BCUT2D eigenvalue weighted by Gasteiger charge is -2.23. The third-order valence-electron chi connectivity index (χ3n) is 3.32. The second-order valence-corrected chi connectivity index (χ2v) is 4.78. The van der Waals surface area contributed by atoms with Crippen molar-refractivity contribution >= 4 is 5.91 Å². The van der Waals surface area contributed by atoms with Crippen LogP contribution in [0.25, 0.3) is 0 Å². The van der Waals surface area contributed by atoms with Crippen LogP contribution in [0.15, 0.2) is 0 Å². The summed E-state index contributed by atoms with van der Waals surface area (Å²) in [5, 5.41) is 9.81. The summed E-state index contributed by atoms with van der Waals surface area (Å²) in [6, 6.07) is 0.0222. The maximum atomic E-state index is 11.7. The summed E-state index contributed by atoms with van der Waals surface area (Å²) in [5.74, 6) is 0.211. The third-order valence-corrected chi connectivity index (χ3v) is 3.32. The molecule has 2 heterocycles. The molecule has 14 heavy (non-hydrogen) atoms. The number of likely N-dealkylation sites (tertiary alicyclic amines) is 2. The molecule has 2 fully saturated rings. The van der Waals surface area contributed by atoms with Gasteiger partial charge in [-0.2, -0.15) is 0 Å². The summed E-state index contributed by atoms with van der Waals surface area (Å²) in [6.45, 7) is 4.17. The Kier molecular flexibility index (Phi) is 2.27. The van der Waals surface area contributed by atoms with Crippen molar-refractivity contribution in [2.45, 2.75) is 31.4 Å². The Labute approximate surface area is 84.5 Å². The van der Waals surface area contributed by atoms with Crippen LogP contribution in [-0.4, -0.2) is 59.1 Å². The second kappa shape index (κ2) is 3.21. The fourth-order valence-electron chi connectivity index (χ4n) is 2.39. The quantitative estimate of drug-likeness (QED) is 0.627. The first-order chi connectivity index (χ1) is 6.49. The van der Waals surface area contributed by atoms with Crippen molar-refractivity contribution < 1.29 is 9.90 Å². The van der Waals surface area contributed by atoms with Gasteiger partial charge in [0.1, 0.15) is 0 Å². The molecule has 0 radical (unpaired) electrons. The van der Waals surface area contributed by atoms with Crippen LogP contribution in [0.3, 0.4) is 0 Å². The van der Waals surface area contributed by atoms with E-state index in [1.54, 1.807) is 4.90 Å². The third kappa shape index (κ3) is 1.64. The van der Waals surface area contributed by atoms with Crippen LogP contribution in [0, 0.1) is 0 Å². The number of β-amino-alcohol motifs (C(OH)–C–C–N with tert-alkyl or cyclic N) is 1. The van der Waals surface area contributed by atoms with Gasteiger partial charge in [-0.05, 0) is 19.8 Å². The van der Waals surface area contributed by atoms with Crippen LogP contribution < -0.4 is 0 Å².